The molecule has 0 aromatic heterocycles. The Balaban J connectivity index is 1.37. The molecule has 1 radical (unpaired) electrons. The highest BCUT2D eigenvalue weighted by molar-refractivity contribution is 6.85. The van der Waals surface area contributed by atoms with Crippen LogP contribution in [0, 0.1) is 0 Å². The smallest absolute Gasteiger partial charge is 0.223 e. The van der Waals surface area contributed by atoms with Crippen molar-refractivity contribution >= 4 is 25.1 Å². The van der Waals surface area contributed by atoms with E-state index in [1.165, 1.54) is 21.5 Å². The van der Waals surface area contributed by atoms with Crippen molar-refractivity contribution in [2.24, 2.45) is 0 Å². The van der Waals surface area contributed by atoms with Crippen molar-refractivity contribution in [1.29, 1.82) is 0 Å². The molecule has 4 aromatic rings. The number of benzene rings is 4. The molecule has 0 heterocycles. The lowest BCUT2D eigenvalue weighted by atomic mass is 10.1. The Morgan fingerprint density at radius 3 is 1.41 bits per heavy atom. The van der Waals surface area contributed by atoms with Gasteiger partial charge in [-0.2, -0.15) is 0 Å². The summed E-state index contributed by atoms with van der Waals surface area (Å²) < 4.78 is 0. The zero-order valence-electron chi connectivity index (χ0n) is 19.6. The lowest BCUT2D eigenvalue weighted by molar-refractivity contribution is -0.132. The minimum absolute atomic E-state index is 0.237. The predicted molar refractivity (Wildman–Crippen MR) is 144 cm³/mol. The maximum absolute atomic E-state index is 13.3. The quantitative estimate of drug-likeness (QED) is 0.207. The van der Waals surface area contributed by atoms with Crippen LogP contribution in [0.2, 0.25) is 6.04 Å². The fourth-order valence-corrected chi connectivity index (χ4v) is 7.01. The molecule has 0 aliphatic heterocycles. The van der Waals surface area contributed by atoms with Crippen molar-refractivity contribution in [2.45, 2.75) is 38.4 Å². The first-order valence-electron chi connectivity index (χ1n) is 12.1. The van der Waals surface area contributed by atoms with E-state index in [1.807, 2.05) is 41.3 Å². The first kappa shape index (κ1) is 23.7. The molecule has 171 valence electrons. The third kappa shape index (κ3) is 7.03. The van der Waals surface area contributed by atoms with Crippen LogP contribution < -0.4 is 10.4 Å². The van der Waals surface area contributed by atoms with Gasteiger partial charge in [-0.05, 0) is 17.5 Å². The van der Waals surface area contributed by atoms with E-state index in [9.17, 15) is 4.79 Å². The molecular formula is C31H32NOSi. The van der Waals surface area contributed by atoms with Crippen LogP contribution >= 0.6 is 0 Å². The van der Waals surface area contributed by atoms with E-state index >= 15 is 0 Å². The van der Waals surface area contributed by atoms with Gasteiger partial charge in [0.15, 0.2) is 0 Å². The number of nitrogens with zero attached hydrogens (tertiary/aromatic N) is 1. The van der Waals surface area contributed by atoms with Crippen LogP contribution in [0.3, 0.4) is 0 Å². The minimum Gasteiger partial charge on any atom is -0.334 e. The van der Waals surface area contributed by atoms with E-state index in [0.29, 0.717) is 19.5 Å². The summed E-state index contributed by atoms with van der Waals surface area (Å²) in [7, 11) is -0.838. The van der Waals surface area contributed by atoms with Gasteiger partial charge < -0.3 is 4.90 Å². The van der Waals surface area contributed by atoms with Crippen LogP contribution in [-0.4, -0.2) is 19.6 Å². The summed E-state index contributed by atoms with van der Waals surface area (Å²) in [5.74, 6) is 0.237. The van der Waals surface area contributed by atoms with Crippen molar-refractivity contribution in [3.63, 3.8) is 0 Å². The van der Waals surface area contributed by atoms with Crippen molar-refractivity contribution < 1.29 is 4.79 Å². The van der Waals surface area contributed by atoms with E-state index in [4.69, 9.17) is 0 Å². The fraction of sp³-hybridized carbons (Fsp3) is 0.194. The molecule has 0 spiro atoms. The number of carbonyl (C=O) groups excluding carboxylic acids is 1. The Labute approximate surface area is 205 Å². The van der Waals surface area contributed by atoms with Crippen LogP contribution in [0.1, 0.15) is 30.4 Å². The SMILES string of the molecule is O=C(CCCC[Si](c1ccccc1)c1ccccc1)N(Cc1ccccc1)Cc1ccccc1. The van der Waals surface area contributed by atoms with Crippen molar-refractivity contribution in [3.8, 4) is 0 Å². The molecule has 0 saturated carbocycles. The summed E-state index contributed by atoms with van der Waals surface area (Å²) in [6.07, 6.45) is 2.58. The van der Waals surface area contributed by atoms with E-state index < -0.39 is 8.80 Å². The number of hydrogen-bond acceptors (Lipinski definition) is 1. The average Bonchev–Trinajstić information content (AvgIpc) is 2.90. The molecule has 34 heavy (non-hydrogen) atoms. The minimum atomic E-state index is -0.838. The zero-order chi connectivity index (χ0) is 23.4. The van der Waals surface area contributed by atoms with E-state index in [2.05, 4.69) is 84.9 Å². The monoisotopic (exact) mass is 462 g/mol. The molecule has 4 rings (SSSR count). The van der Waals surface area contributed by atoms with Crippen molar-refractivity contribution in [3.05, 3.63) is 132 Å². The van der Waals surface area contributed by atoms with Crippen LogP contribution in [-0.2, 0) is 17.9 Å². The molecule has 0 aliphatic carbocycles. The highest BCUT2D eigenvalue weighted by atomic mass is 28.3. The van der Waals surface area contributed by atoms with Gasteiger partial charge in [-0.15, -0.1) is 0 Å². The Morgan fingerprint density at radius 1 is 0.559 bits per heavy atom. The van der Waals surface area contributed by atoms with E-state index in [0.717, 1.165) is 18.9 Å². The van der Waals surface area contributed by atoms with Gasteiger partial charge in [0.25, 0.3) is 0 Å². The normalized spacial score (nSPS) is 10.9. The highest BCUT2D eigenvalue weighted by Gasteiger charge is 2.18. The molecule has 0 atom stereocenters. The van der Waals surface area contributed by atoms with Gasteiger partial charge in [0.05, 0.1) is 0 Å². The lowest BCUT2D eigenvalue weighted by Gasteiger charge is -2.23. The summed E-state index contributed by atoms with van der Waals surface area (Å²) in [6.45, 7) is 1.30. The number of unbranched alkanes of at least 4 members (excludes halogenated alkanes) is 1. The molecule has 1 amide bonds. The Kier molecular flexibility index (Phi) is 8.87. The largest absolute Gasteiger partial charge is 0.334 e. The molecule has 0 N–H and O–H groups in total. The molecule has 0 unspecified atom stereocenters. The standard InChI is InChI=1S/C31H32NOSi/c33-31(32(25-27-15-5-1-6-16-27)26-28-17-7-2-8-18-28)23-13-14-24-34(29-19-9-3-10-20-29)30-21-11-4-12-22-30/h1-12,15-22H,13-14,23-26H2. The molecule has 0 aliphatic rings. The first-order chi connectivity index (χ1) is 16.8. The molecule has 3 heteroatoms. The van der Waals surface area contributed by atoms with Crippen LogP contribution in [0.15, 0.2) is 121 Å². The summed E-state index contributed by atoms with van der Waals surface area (Å²) >= 11 is 0. The van der Waals surface area contributed by atoms with Gasteiger partial charge in [0.1, 0.15) is 8.80 Å². The Morgan fingerprint density at radius 2 is 0.971 bits per heavy atom. The maximum Gasteiger partial charge on any atom is 0.223 e. The zero-order valence-corrected chi connectivity index (χ0v) is 20.6. The number of amides is 1. The van der Waals surface area contributed by atoms with Crippen LogP contribution in [0.5, 0.6) is 0 Å². The summed E-state index contributed by atoms with van der Waals surface area (Å²) in [6, 6.07) is 43.5. The van der Waals surface area contributed by atoms with Gasteiger partial charge in [0.2, 0.25) is 5.91 Å². The number of hydrogen-bond donors (Lipinski definition) is 0. The average molecular weight is 463 g/mol. The van der Waals surface area contributed by atoms with Gasteiger partial charge in [-0.25, -0.2) is 0 Å². The number of carbonyl (C=O) groups is 1. The van der Waals surface area contributed by atoms with Gasteiger partial charge in [0, 0.05) is 19.5 Å². The molecule has 0 saturated heterocycles. The van der Waals surface area contributed by atoms with Crippen LogP contribution in [0.4, 0.5) is 0 Å². The highest BCUT2D eigenvalue weighted by Crippen LogP contribution is 2.14. The molecular weight excluding hydrogens is 430 g/mol. The second-order valence-corrected chi connectivity index (χ2v) is 11.3. The van der Waals surface area contributed by atoms with Crippen molar-refractivity contribution in [1.82, 2.24) is 4.90 Å². The van der Waals surface area contributed by atoms with E-state index in [1.54, 1.807) is 0 Å². The van der Waals surface area contributed by atoms with Crippen LogP contribution in [0.25, 0.3) is 0 Å². The lowest BCUT2D eigenvalue weighted by Crippen LogP contribution is -2.41. The summed E-state index contributed by atoms with van der Waals surface area (Å²) in [5.41, 5.74) is 2.34. The third-order valence-electron chi connectivity index (χ3n) is 6.10. The molecule has 4 aromatic carbocycles. The van der Waals surface area contributed by atoms with Crippen molar-refractivity contribution in [2.75, 3.05) is 0 Å². The second kappa shape index (κ2) is 12.7. The number of rotatable bonds is 11. The summed E-state index contributed by atoms with van der Waals surface area (Å²) in [4.78, 5) is 15.3. The molecule has 2 nitrogen and oxygen atoms in total. The van der Waals surface area contributed by atoms with Gasteiger partial charge in [-0.1, -0.05) is 144 Å². The third-order valence-corrected chi connectivity index (χ3v) is 9.01. The Bertz CT molecular complexity index is 1040. The maximum atomic E-state index is 13.3. The topological polar surface area (TPSA) is 20.3 Å². The van der Waals surface area contributed by atoms with Gasteiger partial charge in [-0.3, -0.25) is 4.79 Å². The first-order valence-corrected chi connectivity index (χ1v) is 13.8. The fourth-order valence-electron chi connectivity index (χ4n) is 4.31. The molecule has 0 bridgehead atoms. The second-order valence-electron chi connectivity index (χ2n) is 8.64. The summed E-state index contributed by atoms with van der Waals surface area (Å²) in [5, 5.41) is 2.89. The molecule has 0 fully saturated rings. The predicted octanol–water partition coefficient (Wildman–Crippen LogP) is 5.69. The Hall–Kier alpha value is -3.43. The van der Waals surface area contributed by atoms with Gasteiger partial charge >= 0.3 is 0 Å². The van der Waals surface area contributed by atoms with E-state index in [-0.39, 0.29) is 5.91 Å².